The Balaban J connectivity index is 1.75. The highest BCUT2D eigenvalue weighted by atomic mass is 16.6. The Labute approximate surface area is 164 Å². The van der Waals surface area contributed by atoms with E-state index in [2.05, 4.69) is 15.8 Å². The van der Waals surface area contributed by atoms with Crippen molar-refractivity contribution in [3.63, 3.8) is 0 Å². The lowest BCUT2D eigenvalue weighted by Gasteiger charge is -2.09. The number of para-hydroxylation sites is 1. The molecule has 0 fully saturated rings. The van der Waals surface area contributed by atoms with Crippen molar-refractivity contribution in [1.82, 2.24) is 5.32 Å². The highest BCUT2D eigenvalue weighted by Gasteiger charge is 2.05. The quantitative estimate of drug-likeness (QED) is 0.515. The van der Waals surface area contributed by atoms with Crippen molar-refractivity contribution in [2.45, 2.75) is 20.3 Å². The average Bonchev–Trinajstić information content (AvgIpc) is 2.68. The number of amides is 2. The molecule has 2 amide bonds. The first-order valence-corrected chi connectivity index (χ1v) is 8.92. The molecule has 28 heavy (non-hydrogen) atoms. The summed E-state index contributed by atoms with van der Waals surface area (Å²) in [7, 11) is 1.62. The molecule has 7 heteroatoms. The van der Waals surface area contributed by atoms with Crippen LogP contribution < -0.4 is 15.4 Å². The Bertz CT molecular complexity index is 832. The van der Waals surface area contributed by atoms with E-state index in [9.17, 15) is 9.59 Å². The van der Waals surface area contributed by atoms with Crippen molar-refractivity contribution in [2.24, 2.45) is 5.16 Å². The second kappa shape index (κ2) is 10.7. The Kier molecular flexibility index (Phi) is 8.02. The lowest BCUT2D eigenvalue weighted by atomic mass is 10.1. The second-order valence-corrected chi connectivity index (χ2v) is 6.12. The summed E-state index contributed by atoms with van der Waals surface area (Å²) < 4.78 is 5.29. The maximum atomic E-state index is 11.9. The Hall–Kier alpha value is -3.35. The van der Waals surface area contributed by atoms with Gasteiger partial charge in [-0.3, -0.25) is 9.59 Å². The zero-order valence-electron chi connectivity index (χ0n) is 16.3. The molecule has 2 N–H and O–H groups in total. The van der Waals surface area contributed by atoms with Crippen molar-refractivity contribution in [3.8, 4) is 5.75 Å². The van der Waals surface area contributed by atoms with Gasteiger partial charge in [0.2, 0.25) is 5.91 Å². The summed E-state index contributed by atoms with van der Waals surface area (Å²) in [6, 6.07) is 14.9. The molecule has 0 spiro atoms. The largest absolute Gasteiger partial charge is 0.496 e. The van der Waals surface area contributed by atoms with Crippen LogP contribution >= 0.6 is 0 Å². The number of ether oxygens (including phenoxy) is 1. The van der Waals surface area contributed by atoms with Crippen LogP contribution in [-0.2, 0) is 20.8 Å². The zero-order chi connectivity index (χ0) is 20.4. The third kappa shape index (κ3) is 6.75. The van der Waals surface area contributed by atoms with Crippen LogP contribution in [0.2, 0.25) is 0 Å². The van der Waals surface area contributed by atoms with Crippen LogP contribution in [0.4, 0.5) is 5.69 Å². The number of methoxy groups -OCH3 is 1. The van der Waals surface area contributed by atoms with Crippen LogP contribution in [0.3, 0.4) is 0 Å². The van der Waals surface area contributed by atoms with E-state index < -0.39 is 0 Å². The van der Waals surface area contributed by atoms with Gasteiger partial charge in [0.15, 0.2) is 6.61 Å². The van der Waals surface area contributed by atoms with Crippen LogP contribution in [-0.4, -0.2) is 37.8 Å². The predicted molar refractivity (Wildman–Crippen MR) is 109 cm³/mol. The minimum Gasteiger partial charge on any atom is -0.496 e. The molecule has 148 valence electrons. The molecule has 0 atom stereocenters. The highest BCUT2D eigenvalue weighted by Crippen LogP contribution is 2.17. The summed E-state index contributed by atoms with van der Waals surface area (Å²) in [5, 5.41) is 9.46. The zero-order valence-corrected chi connectivity index (χ0v) is 16.3. The van der Waals surface area contributed by atoms with Gasteiger partial charge in [0.25, 0.3) is 5.91 Å². The lowest BCUT2D eigenvalue weighted by Crippen LogP contribution is -2.29. The monoisotopic (exact) mass is 383 g/mol. The summed E-state index contributed by atoms with van der Waals surface area (Å²) in [4.78, 5) is 28.0. The van der Waals surface area contributed by atoms with E-state index in [0.717, 1.165) is 16.9 Å². The summed E-state index contributed by atoms with van der Waals surface area (Å²) >= 11 is 0. The maximum absolute atomic E-state index is 11.9. The van der Waals surface area contributed by atoms with E-state index in [-0.39, 0.29) is 18.4 Å². The molecular formula is C21H25N3O4. The average molecular weight is 383 g/mol. The van der Waals surface area contributed by atoms with Crippen LogP contribution in [0.25, 0.3) is 0 Å². The predicted octanol–water partition coefficient (Wildman–Crippen LogP) is 2.75. The first-order chi connectivity index (χ1) is 13.5. The summed E-state index contributed by atoms with van der Waals surface area (Å²) in [6.45, 7) is 3.56. The molecule has 2 rings (SSSR count). The van der Waals surface area contributed by atoms with Crippen LogP contribution in [0.15, 0.2) is 53.7 Å². The van der Waals surface area contributed by atoms with Gasteiger partial charge in [0.05, 0.1) is 12.8 Å². The molecule has 0 aromatic heterocycles. The molecule has 0 aliphatic carbocycles. The van der Waals surface area contributed by atoms with Crippen molar-refractivity contribution in [3.05, 3.63) is 59.7 Å². The first-order valence-electron chi connectivity index (χ1n) is 8.92. The number of benzene rings is 2. The fourth-order valence-corrected chi connectivity index (χ4v) is 2.54. The Morgan fingerprint density at radius 2 is 1.75 bits per heavy atom. The highest BCUT2D eigenvalue weighted by molar-refractivity contribution is 5.99. The van der Waals surface area contributed by atoms with Crippen LogP contribution in [0.1, 0.15) is 25.0 Å². The van der Waals surface area contributed by atoms with Crippen LogP contribution in [0.5, 0.6) is 5.75 Å². The smallest absolute Gasteiger partial charge is 0.260 e. The molecule has 0 bridgehead atoms. The maximum Gasteiger partial charge on any atom is 0.260 e. The number of carbonyl (C=O) groups excluding carboxylic acids is 2. The van der Waals surface area contributed by atoms with Gasteiger partial charge in [-0.15, -0.1) is 0 Å². The van der Waals surface area contributed by atoms with E-state index >= 15 is 0 Å². The van der Waals surface area contributed by atoms with Gasteiger partial charge in [0, 0.05) is 19.2 Å². The molecular weight excluding hydrogens is 358 g/mol. The number of rotatable bonds is 9. The van der Waals surface area contributed by atoms with Gasteiger partial charge in [0.1, 0.15) is 5.75 Å². The fourth-order valence-electron chi connectivity index (χ4n) is 2.54. The number of hydrogen-bond acceptors (Lipinski definition) is 5. The molecule has 0 heterocycles. The van der Waals surface area contributed by atoms with Gasteiger partial charge in [-0.2, -0.15) is 0 Å². The molecule has 0 radical (unpaired) electrons. The number of oxime groups is 1. The second-order valence-electron chi connectivity index (χ2n) is 6.12. The lowest BCUT2D eigenvalue weighted by molar-refractivity contribution is -0.125. The van der Waals surface area contributed by atoms with E-state index in [1.54, 1.807) is 26.2 Å². The van der Waals surface area contributed by atoms with Crippen molar-refractivity contribution in [1.29, 1.82) is 0 Å². The van der Waals surface area contributed by atoms with E-state index in [1.165, 1.54) is 6.92 Å². The molecule has 2 aromatic carbocycles. The molecule has 2 aromatic rings. The van der Waals surface area contributed by atoms with Crippen LogP contribution in [0, 0.1) is 0 Å². The third-order valence-corrected chi connectivity index (χ3v) is 3.93. The molecule has 0 aliphatic rings. The van der Waals surface area contributed by atoms with E-state index in [4.69, 9.17) is 9.57 Å². The molecule has 0 saturated heterocycles. The summed E-state index contributed by atoms with van der Waals surface area (Å²) in [5.74, 6) is 0.434. The third-order valence-electron chi connectivity index (χ3n) is 3.93. The SMILES string of the molecule is COc1ccccc1CCNC(=O)CO/N=C(\C)c1ccc(NC(C)=O)cc1. The topological polar surface area (TPSA) is 89.0 Å². The van der Waals surface area contributed by atoms with Gasteiger partial charge in [-0.05, 0) is 42.7 Å². The van der Waals surface area contributed by atoms with Crippen molar-refractivity contribution in [2.75, 3.05) is 25.6 Å². The minimum atomic E-state index is -0.243. The number of carbonyl (C=O) groups is 2. The van der Waals surface area contributed by atoms with Gasteiger partial charge in [-0.25, -0.2) is 0 Å². The van der Waals surface area contributed by atoms with Gasteiger partial charge in [-0.1, -0.05) is 35.5 Å². The first kappa shape index (κ1) is 21.0. The molecule has 0 unspecified atom stereocenters. The number of anilines is 1. The standard InChI is InChI=1S/C21H25N3O4/c1-15(17-8-10-19(11-9-17)23-16(2)25)24-28-14-21(26)22-13-12-18-6-4-5-7-20(18)27-3/h4-11H,12-14H2,1-3H3,(H,22,26)(H,23,25)/b24-15+. The van der Waals surface area contributed by atoms with E-state index in [0.29, 0.717) is 24.4 Å². The Morgan fingerprint density at radius 3 is 2.43 bits per heavy atom. The number of nitrogens with one attached hydrogen (secondary N) is 2. The Morgan fingerprint density at radius 1 is 1.04 bits per heavy atom. The van der Waals surface area contributed by atoms with Gasteiger partial charge >= 0.3 is 0 Å². The summed E-state index contributed by atoms with van der Waals surface area (Å²) in [5.41, 5.74) is 3.21. The minimum absolute atomic E-state index is 0.127. The molecule has 0 aliphatic heterocycles. The van der Waals surface area contributed by atoms with Crippen molar-refractivity contribution >= 4 is 23.2 Å². The van der Waals surface area contributed by atoms with E-state index in [1.807, 2.05) is 36.4 Å². The molecule has 0 saturated carbocycles. The molecule has 7 nitrogen and oxygen atoms in total. The summed E-state index contributed by atoms with van der Waals surface area (Å²) in [6.07, 6.45) is 0.665. The number of hydrogen-bond donors (Lipinski definition) is 2. The fraction of sp³-hybridized carbons (Fsp3) is 0.286. The van der Waals surface area contributed by atoms with Crippen molar-refractivity contribution < 1.29 is 19.2 Å². The normalized spacial score (nSPS) is 10.9. The van der Waals surface area contributed by atoms with Gasteiger partial charge < -0.3 is 20.2 Å². The number of nitrogens with zero attached hydrogens (tertiary/aromatic N) is 1.